The van der Waals surface area contributed by atoms with E-state index in [0.717, 1.165) is 0 Å². The lowest BCUT2D eigenvalue weighted by atomic mass is 10.1. The molecule has 8 heteroatoms. The summed E-state index contributed by atoms with van der Waals surface area (Å²) in [6.45, 7) is 2.33. The summed E-state index contributed by atoms with van der Waals surface area (Å²) in [6.07, 6.45) is 4.14. The number of carbonyl (C=O) groups excluding carboxylic acids is 1. The molecule has 2 rings (SSSR count). The van der Waals surface area contributed by atoms with Gasteiger partial charge in [0.15, 0.2) is 0 Å². The summed E-state index contributed by atoms with van der Waals surface area (Å²) in [5.74, 6) is -0.587. The van der Waals surface area contributed by atoms with Crippen LogP contribution in [0.15, 0.2) is 36.9 Å². The standard InChI is InChI=1S/C13H13N5O3/c1-2-16-11-5-3-4-10(12(11)18(20)21)13(19)17-9-6-14-8-15-7-9/h3-8,16H,2H2,1H3,(H,17,19). The zero-order chi connectivity index (χ0) is 15.2. The molecule has 1 heterocycles. The van der Waals surface area contributed by atoms with Crippen LogP contribution in [0.4, 0.5) is 17.1 Å². The molecule has 8 nitrogen and oxygen atoms in total. The van der Waals surface area contributed by atoms with E-state index in [9.17, 15) is 14.9 Å². The minimum atomic E-state index is -0.587. The van der Waals surface area contributed by atoms with Crippen LogP contribution in [0.1, 0.15) is 17.3 Å². The summed E-state index contributed by atoms with van der Waals surface area (Å²) in [7, 11) is 0. The number of nitrogens with zero attached hydrogens (tertiary/aromatic N) is 3. The molecule has 0 saturated carbocycles. The molecular weight excluding hydrogens is 274 g/mol. The normalized spacial score (nSPS) is 9.95. The van der Waals surface area contributed by atoms with Crippen LogP contribution < -0.4 is 10.6 Å². The molecule has 1 amide bonds. The number of nitro groups is 1. The number of nitrogens with one attached hydrogen (secondary N) is 2. The molecule has 0 atom stereocenters. The molecule has 108 valence electrons. The van der Waals surface area contributed by atoms with Gasteiger partial charge in [-0.15, -0.1) is 0 Å². The number of nitro benzene ring substituents is 1. The van der Waals surface area contributed by atoms with Gasteiger partial charge in [0.2, 0.25) is 0 Å². The number of aromatic nitrogens is 2. The Morgan fingerprint density at radius 2 is 2.05 bits per heavy atom. The predicted octanol–water partition coefficient (Wildman–Crippen LogP) is 2.07. The van der Waals surface area contributed by atoms with Crippen molar-refractivity contribution in [1.29, 1.82) is 0 Å². The number of carbonyl (C=O) groups is 1. The first-order chi connectivity index (χ1) is 10.1. The van der Waals surface area contributed by atoms with Gasteiger partial charge in [-0.25, -0.2) is 9.97 Å². The molecule has 2 N–H and O–H groups in total. The van der Waals surface area contributed by atoms with Crippen LogP contribution in [0.25, 0.3) is 0 Å². The quantitative estimate of drug-likeness (QED) is 0.643. The van der Waals surface area contributed by atoms with Gasteiger partial charge in [0.1, 0.15) is 17.6 Å². The number of para-hydroxylation sites is 1. The largest absolute Gasteiger partial charge is 0.380 e. The molecule has 0 spiro atoms. The highest BCUT2D eigenvalue weighted by Crippen LogP contribution is 2.29. The number of hydrogen-bond donors (Lipinski definition) is 2. The first kappa shape index (κ1) is 14.4. The Balaban J connectivity index is 2.36. The van der Waals surface area contributed by atoms with Gasteiger partial charge in [-0.3, -0.25) is 14.9 Å². The van der Waals surface area contributed by atoms with E-state index in [1.807, 2.05) is 6.92 Å². The highest BCUT2D eigenvalue weighted by molar-refractivity contribution is 6.08. The highest BCUT2D eigenvalue weighted by Gasteiger charge is 2.24. The summed E-state index contributed by atoms with van der Waals surface area (Å²) in [5, 5.41) is 16.6. The van der Waals surface area contributed by atoms with Crippen LogP contribution in [0.2, 0.25) is 0 Å². The van der Waals surface area contributed by atoms with Crippen LogP contribution in [0, 0.1) is 10.1 Å². The zero-order valence-corrected chi connectivity index (χ0v) is 11.2. The number of benzene rings is 1. The van der Waals surface area contributed by atoms with Gasteiger partial charge in [-0.2, -0.15) is 0 Å². The van der Waals surface area contributed by atoms with Crippen LogP contribution >= 0.6 is 0 Å². The maximum absolute atomic E-state index is 12.2. The van der Waals surface area contributed by atoms with Gasteiger partial charge >= 0.3 is 5.69 Å². The first-order valence-corrected chi connectivity index (χ1v) is 6.21. The van der Waals surface area contributed by atoms with Crippen molar-refractivity contribution in [1.82, 2.24) is 9.97 Å². The van der Waals surface area contributed by atoms with Crippen LogP contribution in [0.3, 0.4) is 0 Å². The van der Waals surface area contributed by atoms with Gasteiger partial charge in [0, 0.05) is 6.54 Å². The second kappa shape index (κ2) is 6.42. The van der Waals surface area contributed by atoms with E-state index in [1.54, 1.807) is 12.1 Å². The molecule has 0 radical (unpaired) electrons. The van der Waals surface area contributed by atoms with Gasteiger partial charge in [0.05, 0.1) is 23.0 Å². The Bertz CT molecular complexity index is 660. The van der Waals surface area contributed by atoms with E-state index in [2.05, 4.69) is 20.6 Å². The molecular formula is C13H13N5O3. The van der Waals surface area contributed by atoms with E-state index in [4.69, 9.17) is 0 Å². The second-order valence-electron chi connectivity index (χ2n) is 4.07. The number of hydrogen-bond acceptors (Lipinski definition) is 6. The Morgan fingerprint density at radius 1 is 1.33 bits per heavy atom. The lowest BCUT2D eigenvalue weighted by Crippen LogP contribution is -2.15. The summed E-state index contributed by atoms with van der Waals surface area (Å²) < 4.78 is 0. The fourth-order valence-electron chi connectivity index (χ4n) is 1.82. The summed E-state index contributed by atoms with van der Waals surface area (Å²) in [5.41, 5.74) is 0.390. The topological polar surface area (TPSA) is 110 Å². The minimum absolute atomic E-state index is 0.0256. The molecule has 21 heavy (non-hydrogen) atoms. The van der Waals surface area contributed by atoms with Gasteiger partial charge in [-0.1, -0.05) is 6.07 Å². The smallest absolute Gasteiger partial charge is 0.305 e. The molecule has 2 aromatic rings. The van der Waals surface area contributed by atoms with Crippen molar-refractivity contribution >= 4 is 23.0 Å². The molecule has 0 aliphatic heterocycles. The van der Waals surface area contributed by atoms with Gasteiger partial charge in [0.25, 0.3) is 5.91 Å². The Labute approximate surface area is 120 Å². The molecule has 0 unspecified atom stereocenters. The van der Waals surface area contributed by atoms with Gasteiger partial charge < -0.3 is 10.6 Å². The summed E-state index contributed by atoms with van der Waals surface area (Å²) in [6, 6.07) is 4.55. The van der Waals surface area contributed by atoms with E-state index >= 15 is 0 Å². The van der Waals surface area contributed by atoms with E-state index in [-0.39, 0.29) is 11.3 Å². The number of anilines is 2. The van der Waals surface area contributed by atoms with E-state index in [0.29, 0.717) is 17.9 Å². The number of rotatable bonds is 5. The van der Waals surface area contributed by atoms with Crippen LogP contribution in [-0.2, 0) is 0 Å². The van der Waals surface area contributed by atoms with Gasteiger partial charge in [-0.05, 0) is 19.1 Å². The second-order valence-corrected chi connectivity index (χ2v) is 4.07. The first-order valence-electron chi connectivity index (χ1n) is 6.21. The van der Waals surface area contributed by atoms with E-state index < -0.39 is 10.8 Å². The lowest BCUT2D eigenvalue weighted by Gasteiger charge is -2.09. The molecule has 0 bridgehead atoms. The third kappa shape index (κ3) is 3.30. The summed E-state index contributed by atoms with van der Waals surface area (Å²) >= 11 is 0. The van der Waals surface area contributed by atoms with Crippen LogP contribution in [0.5, 0.6) is 0 Å². The molecule has 0 aliphatic carbocycles. The average molecular weight is 287 g/mol. The number of amides is 1. The summed E-state index contributed by atoms with van der Waals surface area (Å²) in [4.78, 5) is 30.4. The van der Waals surface area contributed by atoms with Crippen molar-refractivity contribution in [2.75, 3.05) is 17.2 Å². The Hall–Kier alpha value is -3.03. The van der Waals surface area contributed by atoms with Crippen molar-refractivity contribution in [2.45, 2.75) is 6.92 Å². The third-order valence-electron chi connectivity index (χ3n) is 2.65. The monoisotopic (exact) mass is 287 g/mol. The van der Waals surface area contributed by atoms with E-state index in [1.165, 1.54) is 24.8 Å². The maximum atomic E-state index is 12.2. The van der Waals surface area contributed by atoms with Crippen LogP contribution in [-0.4, -0.2) is 27.3 Å². The fourth-order valence-corrected chi connectivity index (χ4v) is 1.82. The molecule has 1 aromatic carbocycles. The minimum Gasteiger partial charge on any atom is -0.380 e. The lowest BCUT2D eigenvalue weighted by molar-refractivity contribution is -0.384. The molecule has 0 fully saturated rings. The maximum Gasteiger partial charge on any atom is 0.305 e. The zero-order valence-electron chi connectivity index (χ0n) is 11.2. The molecule has 1 aromatic heterocycles. The predicted molar refractivity (Wildman–Crippen MR) is 77.2 cm³/mol. The average Bonchev–Trinajstić information content (AvgIpc) is 2.48. The molecule has 0 aliphatic rings. The third-order valence-corrected chi connectivity index (χ3v) is 2.65. The van der Waals surface area contributed by atoms with Crippen molar-refractivity contribution in [2.24, 2.45) is 0 Å². The van der Waals surface area contributed by atoms with Crippen molar-refractivity contribution in [3.05, 3.63) is 52.6 Å². The Kier molecular flexibility index (Phi) is 4.39. The van der Waals surface area contributed by atoms with Crippen molar-refractivity contribution < 1.29 is 9.72 Å². The van der Waals surface area contributed by atoms with Crippen molar-refractivity contribution in [3.8, 4) is 0 Å². The fraction of sp³-hybridized carbons (Fsp3) is 0.154. The Morgan fingerprint density at radius 3 is 2.67 bits per heavy atom. The SMILES string of the molecule is CCNc1cccc(C(=O)Nc2cncnc2)c1[N+](=O)[O-]. The van der Waals surface area contributed by atoms with Crippen molar-refractivity contribution in [3.63, 3.8) is 0 Å². The molecule has 0 saturated heterocycles. The highest BCUT2D eigenvalue weighted by atomic mass is 16.6.